The van der Waals surface area contributed by atoms with Crippen LogP contribution in [0.2, 0.25) is 0 Å². The van der Waals surface area contributed by atoms with Crippen molar-refractivity contribution in [3.8, 4) is 5.82 Å². The number of nitrogens with zero attached hydrogens (tertiary/aromatic N) is 4. The lowest BCUT2D eigenvalue weighted by Crippen LogP contribution is -2.11. The number of fused-ring (bicyclic) bond motifs is 1. The van der Waals surface area contributed by atoms with Gasteiger partial charge in [-0.2, -0.15) is 18.3 Å². The van der Waals surface area contributed by atoms with Gasteiger partial charge < -0.3 is 0 Å². The van der Waals surface area contributed by atoms with Crippen molar-refractivity contribution in [1.82, 2.24) is 19.7 Å². The molecule has 0 saturated carbocycles. The van der Waals surface area contributed by atoms with Crippen LogP contribution in [0.1, 0.15) is 12.6 Å². The maximum atomic E-state index is 12.8. The van der Waals surface area contributed by atoms with Crippen LogP contribution in [0.3, 0.4) is 0 Å². The normalized spacial score (nSPS) is 12.7. The summed E-state index contributed by atoms with van der Waals surface area (Å²) >= 11 is 3.16. The highest BCUT2D eigenvalue weighted by atomic mass is 79.9. The fraction of sp³-hybridized carbons (Fsp3) is 0.214. The predicted molar refractivity (Wildman–Crippen MR) is 87.1 cm³/mol. The minimum atomic E-state index is -4.59. The van der Waals surface area contributed by atoms with E-state index in [2.05, 4.69) is 31.0 Å². The Balaban J connectivity index is 2.21. The molecule has 3 heterocycles. The molecule has 0 spiro atoms. The van der Waals surface area contributed by atoms with Crippen LogP contribution in [0.5, 0.6) is 0 Å². The van der Waals surface area contributed by atoms with Crippen molar-refractivity contribution in [2.75, 3.05) is 5.75 Å². The van der Waals surface area contributed by atoms with Crippen LogP contribution in [0.15, 0.2) is 40.1 Å². The van der Waals surface area contributed by atoms with Crippen molar-refractivity contribution in [3.63, 3.8) is 0 Å². The minimum Gasteiger partial charge on any atom is -0.251 e. The van der Waals surface area contributed by atoms with Gasteiger partial charge >= 0.3 is 6.18 Å². The third-order valence-corrected chi connectivity index (χ3v) is 5.58. The number of aromatic nitrogens is 4. The van der Waals surface area contributed by atoms with Crippen LogP contribution in [-0.2, 0) is 16.0 Å². The Morgan fingerprint density at radius 2 is 1.92 bits per heavy atom. The zero-order valence-electron chi connectivity index (χ0n) is 12.6. The van der Waals surface area contributed by atoms with Gasteiger partial charge in [-0.3, -0.25) is 4.98 Å². The van der Waals surface area contributed by atoms with Crippen molar-refractivity contribution in [3.05, 3.63) is 40.9 Å². The van der Waals surface area contributed by atoms with Gasteiger partial charge in [-0.1, -0.05) is 6.92 Å². The molecule has 0 unspecified atom stereocenters. The largest absolute Gasteiger partial charge is 0.433 e. The number of sulfone groups is 1. The number of alkyl halides is 3. The lowest BCUT2D eigenvalue weighted by molar-refractivity contribution is -0.141. The highest BCUT2D eigenvalue weighted by molar-refractivity contribution is 9.10. The summed E-state index contributed by atoms with van der Waals surface area (Å²) in [6.07, 6.45) is -0.789. The van der Waals surface area contributed by atoms with E-state index in [-0.39, 0.29) is 22.0 Å². The summed E-state index contributed by atoms with van der Waals surface area (Å²) < 4.78 is 64.5. The fourth-order valence-corrected chi connectivity index (χ4v) is 3.68. The van der Waals surface area contributed by atoms with E-state index < -0.39 is 21.7 Å². The Hall–Kier alpha value is -2.01. The van der Waals surface area contributed by atoms with Gasteiger partial charge in [0.05, 0.1) is 11.3 Å². The Bertz CT molecular complexity index is 1060. The fourth-order valence-electron chi connectivity index (χ4n) is 2.15. The van der Waals surface area contributed by atoms with Gasteiger partial charge in [0, 0.05) is 28.4 Å². The molecular formula is C14H10BrF3N4O2S. The molecule has 3 aromatic rings. The molecular weight excluding hydrogens is 425 g/mol. The lowest BCUT2D eigenvalue weighted by Gasteiger charge is -2.08. The van der Waals surface area contributed by atoms with E-state index in [4.69, 9.17) is 0 Å². The molecule has 0 radical (unpaired) electrons. The van der Waals surface area contributed by atoms with Crippen LogP contribution in [0.4, 0.5) is 13.2 Å². The summed E-state index contributed by atoms with van der Waals surface area (Å²) in [6, 6.07) is 2.19. The molecule has 0 fully saturated rings. The Morgan fingerprint density at radius 1 is 1.20 bits per heavy atom. The van der Waals surface area contributed by atoms with E-state index in [0.29, 0.717) is 9.86 Å². The smallest absolute Gasteiger partial charge is 0.251 e. The van der Waals surface area contributed by atoms with Crippen LogP contribution < -0.4 is 0 Å². The molecule has 11 heteroatoms. The second-order valence-corrected chi connectivity index (χ2v) is 8.24. The average Bonchev–Trinajstić information content (AvgIpc) is 2.96. The second kappa shape index (κ2) is 6.06. The summed E-state index contributed by atoms with van der Waals surface area (Å²) in [4.78, 5) is 7.35. The number of hydrogen-bond donors (Lipinski definition) is 0. The summed E-state index contributed by atoms with van der Waals surface area (Å²) in [6.45, 7) is 1.49. The van der Waals surface area contributed by atoms with Crippen LogP contribution in [0.25, 0.3) is 16.7 Å². The molecule has 132 valence electrons. The van der Waals surface area contributed by atoms with Crippen LogP contribution in [0, 0.1) is 0 Å². The molecule has 0 atom stereocenters. The van der Waals surface area contributed by atoms with Crippen molar-refractivity contribution in [2.24, 2.45) is 0 Å². The molecule has 0 aliphatic heterocycles. The molecule has 0 N–H and O–H groups in total. The zero-order chi connectivity index (χ0) is 18.4. The topological polar surface area (TPSA) is 77.7 Å². The van der Waals surface area contributed by atoms with Gasteiger partial charge in [0.25, 0.3) is 0 Å². The van der Waals surface area contributed by atoms with Crippen molar-refractivity contribution in [1.29, 1.82) is 0 Å². The van der Waals surface area contributed by atoms with Gasteiger partial charge in [0.1, 0.15) is 10.6 Å². The second-order valence-electron chi connectivity index (χ2n) is 5.08. The lowest BCUT2D eigenvalue weighted by atomic mass is 10.3. The molecule has 25 heavy (non-hydrogen) atoms. The summed E-state index contributed by atoms with van der Waals surface area (Å²) in [5.74, 6) is -0.145. The molecule has 3 aromatic heterocycles. The zero-order valence-corrected chi connectivity index (χ0v) is 15.0. The van der Waals surface area contributed by atoms with Crippen LogP contribution in [-0.4, -0.2) is 33.9 Å². The van der Waals surface area contributed by atoms with Crippen LogP contribution >= 0.6 is 15.9 Å². The van der Waals surface area contributed by atoms with E-state index in [1.165, 1.54) is 25.4 Å². The molecule has 0 aromatic carbocycles. The first-order valence-electron chi connectivity index (χ1n) is 6.93. The SMILES string of the molecule is CCS(=O)(=O)c1cc(Br)cnc1-n1cc2cnc(C(F)(F)F)cc2n1. The standard InChI is InChI=1S/C14H10BrF3N4O2S/c1-2-25(23,24)11-3-9(15)6-20-13(11)22-7-8-5-19-12(14(16,17)18)4-10(8)21-22/h3-7H,2H2,1H3. The third kappa shape index (κ3) is 3.38. The first-order valence-corrected chi connectivity index (χ1v) is 9.37. The van der Waals surface area contributed by atoms with Crippen molar-refractivity contribution >= 4 is 36.7 Å². The number of pyridine rings is 2. The summed E-state index contributed by atoms with van der Waals surface area (Å²) in [5.41, 5.74) is -1.04. The molecule has 0 bridgehead atoms. The first kappa shape index (κ1) is 17.8. The van der Waals surface area contributed by atoms with Gasteiger partial charge in [-0.25, -0.2) is 18.1 Å². The van der Waals surface area contributed by atoms with Gasteiger partial charge in [0.2, 0.25) is 0 Å². The number of rotatable bonds is 3. The highest BCUT2D eigenvalue weighted by Crippen LogP contribution is 2.30. The van der Waals surface area contributed by atoms with E-state index >= 15 is 0 Å². The first-order chi connectivity index (χ1) is 11.6. The predicted octanol–water partition coefficient (Wildman–Crippen LogP) is 3.39. The maximum absolute atomic E-state index is 12.8. The van der Waals surface area contributed by atoms with Gasteiger partial charge in [0.15, 0.2) is 15.7 Å². The van der Waals surface area contributed by atoms with E-state index in [9.17, 15) is 21.6 Å². The van der Waals surface area contributed by atoms with E-state index in [0.717, 1.165) is 16.9 Å². The van der Waals surface area contributed by atoms with Gasteiger partial charge in [-0.05, 0) is 28.1 Å². The summed E-state index contributed by atoms with van der Waals surface area (Å²) in [7, 11) is -3.62. The number of halogens is 4. The Labute approximate surface area is 148 Å². The average molecular weight is 435 g/mol. The minimum absolute atomic E-state index is 0.00908. The van der Waals surface area contributed by atoms with Crippen molar-refractivity contribution in [2.45, 2.75) is 18.0 Å². The van der Waals surface area contributed by atoms with Gasteiger partial charge in [-0.15, -0.1) is 0 Å². The molecule has 0 aliphatic rings. The monoisotopic (exact) mass is 434 g/mol. The molecule has 0 saturated heterocycles. The molecule has 0 amide bonds. The summed E-state index contributed by atoms with van der Waals surface area (Å²) in [5, 5.41) is 4.36. The Morgan fingerprint density at radius 3 is 2.56 bits per heavy atom. The van der Waals surface area contributed by atoms with E-state index in [1.807, 2.05) is 0 Å². The van der Waals surface area contributed by atoms with E-state index in [1.54, 1.807) is 0 Å². The highest BCUT2D eigenvalue weighted by Gasteiger charge is 2.33. The quantitative estimate of drug-likeness (QED) is 0.631. The molecule has 3 rings (SSSR count). The third-order valence-electron chi connectivity index (χ3n) is 3.41. The number of hydrogen-bond acceptors (Lipinski definition) is 5. The van der Waals surface area contributed by atoms with Crippen molar-refractivity contribution < 1.29 is 21.6 Å². The molecule has 0 aliphatic carbocycles. The Kier molecular flexibility index (Phi) is 4.31. The molecule has 6 nitrogen and oxygen atoms in total. The maximum Gasteiger partial charge on any atom is 0.433 e.